The van der Waals surface area contributed by atoms with E-state index in [9.17, 15) is 18.0 Å². The standard InChI is InChI=1S/C20H21NO5S/c1-2-15-3-5-16(6-4-15)7-12-19(22)17-8-10-18(11-9-17)27(25,26)21-14-13-20(23)24/h3-12,21H,2,13-14H2,1H3,(H,23,24)/b12-7+. The number of hydrogen-bond acceptors (Lipinski definition) is 4. The molecule has 2 aromatic carbocycles. The third-order valence-electron chi connectivity index (χ3n) is 3.90. The number of benzene rings is 2. The van der Waals surface area contributed by atoms with E-state index in [1.807, 2.05) is 24.3 Å². The minimum Gasteiger partial charge on any atom is -0.481 e. The summed E-state index contributed by atoms with van der Waals surface area (Å²) in [6.45, 7) is 1.87. The Hall–Kier alpha value is -2.77. The quantitative estimate of drug-likeness (QED) is 0.509. The zero-order valence-corrected chi connectivity index (χ0v) is 15.7. The number of carboxylic acid groups (broad SMARTS) is 1. The van der Waals surface area contributed by atoms with Gasteiger partial charge in [0.2, 0.25) is 10.0 Å². The molecule has 0 aliphatic heterocycles. The number of carboxylic acids is 1. The van der Waals surface area contributed by atoms with Crippen molar-refractivity contribution in [3.63, 3.8) is 0 Å². The van der Waals surface area contributed by atoms with E-state index in [-0.39, 0.29) is 23.6 Å². The molecule has 0 aliphatic rings. The van der Waals surface area contributed by atoms with Gasteiger partial charge in [-0.3, -0.25) is 9.59 Å². The van der Waals surface area contributed by atoms with Crippen LogP contribution in [0.4, 0.5) is 0 Å². The highest BCUT2D eigenvalue weighted by Crippen LogP contribution is 2.13. The first-order valence-corrected chi connectivity index (χ1v) is 9.93. The van der Waals surface area contributed by atoms with E-state index >= 15 is 0 Å². The summed E-state index contributed by atoms with van der Waals surface area (Å²) < 4.78 is 26.3. The Morgan fingerprint density at radius 1 is 1.04 bits per heavy atom. The van der Waals surface area contributed by atoms with Crippen LogP contribution in [0.3, 0.4) is 0 Å². The molecule has 2 N–H and O–H groups in total. The summed E-state index contributed by atoms with van der Waals surface area (Å²) in [7, 11) is -3.80. The summed E-state index contributed by atoms with van der Waals surface area (Å²) in [4.78, 5) is 22.7. The normalized spacial score (nSPS) is 11.6. The Kier molecular flexibility index (Phi) is 7.04. The first-order valence-electron chi connectivity index (χ1n) is 8.44. The van der Waals surface area contributed by atoms with Crippen LogP contribution >= 0.6 is 0 Å². The van der Waals surface area contributed by atoms with Gasteiger partial charge >= 0.3 is 5.97 Å². The smallest absolute Gasteiger partial charge is 0.304 e. The number of carbonyl (C=O) groups is 2. The largest absolute Gasteiger partial charge is 0.481 e. The predicted molar refractivity (Wildman–Crippen MR) is 103 cm³/mol. The molecule has 0 aliphatic carbocycles. The van der Waals surface area contributed by atoms with Crippen LogP contribution in [0.5, 0.6) is 0 Å². The highest BCUT2D eigenvalue weighted by atomic mass is 32.2. The molecule has 0 amide bonds. The van der Waals surface area contributed by atoms with Gasteiger partial charge in [-0.25, -0.2) is 13.1 Å². The number of sulfonamides is 1. The van der Waals surface area contributed by atoms with Crippen LogP contribution in [0.25, 0.3) is 6.08 Å². The Balaban J connectivity index is 2.03. The van der Waals surface area contributed by atoms with E-state index < -0.39 is 16.0 Å². The lowest BCUT2D eigenvalue weighted by molar-refractivity contribution is -0.136. The Bertz CT molecular complexity index is 929. The molecule has 142 valence electrons. The molecule has 0 aromatic heterocycles. The highest BCUT2D eigenvalue weighted by Gasteiger charge is 2.14. The molecule has 0 atom stereocenters. The monoisotopic (exact) mass is 387 g/mol. The van der Waals surface area contributed by atoms with Crippen molar-refractivity contribution in [3.05, 3.63) is 71.3 Å². The van der Waals surface area contributed by atoms with Crippen LogP contribution in [-0.4, -0.2) is 31.8 Å². The van der Waals surface area contributed by atoms with Crippen LogP contribution in [0.2, 0.25) is 0 Å². The van der Waals surface area contributed by atoms with Gasteiger partial charge in [0.1, 0.15) is 0 Å². The SMILES string of the molecule is CCc1ccc(/C=C/C(=O)c2ccc(S(=O)(=O)NCCC(=O)O)cc2)cc1. The molecule has 2 aromatic rings. The van der Waals surface area contributed by atoms with Crippen molar-refractivity contribution in [1.29, 1.82) is 0 Å². The highest BCUT2D eigenvalue weighted by molar-refractivity contribution is 7.89. The molecular weight excluding hydrogens is 366 g/mol. The van der Waals surface area contributed by atoms with Gasteiger partial charge in [0.05, 0.1) is 11.3 Å². The van der Waals surface area contributed by atoms with Gasteiger partial charge in [0, 0.05) is 12.1 Å². The second-order valence-corrected chi connectivity index (χ2v) is 7.63. The number of hydrogen-bond donors (Lipinski definition) is 2. The Morgan fingerprint density at radius 3 is 2.22 bits per heavy atom. The van der Waals surface area contributed by atoms with Crippen molar-refractivity contribution >= 4 is 27.9 Å². The number of nitrogens with one attached hydrogen (secondary N) is 1. The number of allylic oxidation sites excluding steroid dienone is 1. The fraction of sp³-hybridized carbons (Fsp3) is 0.200. The maximum absolute atomic E-state index is 12.2. The second-order valence-electron chi connectivity index (χ2n) is 5.86. The molecule has 7 heteroatoms. The molecule has 0 saturated carbocycles. The third-order valence-corrected chi connectivity index (χ3v) is 5.37. The molecule has 0 bridgehead atoms. The van der Waals surface area contributed by atoms with Crippen molar-refractivity contribution in [3.8, 4) is 0 Å². The molecular formula is C20H21NO5S. The minimum absolute atomic E-state index is 0.0245. The zero-order chi connectivity index (χ0) is 19.9. The van der Waals surface area contributed by atoms with Gasteiger partial charge < -0.3 is 5.11 Å². The van der Waals surface area contributed by atoms with E-state index in [1.165, 1.54) is 35.9 Å². The minimum atomic E-state index is -3.80. The van der Waals surface area contributed by atoms with Gasteiger partial charge in [-0.05, 0) is 47.9 Å². The van der Waals surface area contributed by atoms with Crippen molar-refractivity contribution in [1.82, 2.24) is 4.72 Å². The number of rotatable bonds is 9. The molecule has 0 heterocycles. The number of aryl methyl sites for hydroxylation is 1. The molecule has 0 spiro atoms. The van der Waals surface area contributed by atoms with Gasteiger partial charge in [-0.15, -0.1) is 0 Å². The molecule has 2 rings (SSSR count). The van der Waals surface area contributed by atoms with Gasteiger partial charge in [-0.2, -0.15) is 0 Å². The first kappa shape index (κ1) is 20.5. The van der Waals surface area contributed by atoms with Gasteiger partial charge in [-0.1, -0.05) is 37.3 Å². The summed E-state index contributed by atoms with van der Waals surface area (Å²) in [5.41, 5.74) is 2.48. The van der Waals surface area contributed by atoms with E-state index in [2.05, 4.69) is 11.6 Å². The lowest BCUT2D eigenvalue weighted by Crippen LogP contribution is -2.26. The number of carbonyl (C=O) groups excluding carboxylic acids is 1. The summed E-state index contributed by atoms with van der Waals surface area (Å²) in [5.74, 6) is -1.33. The second kappa shape index (κ2) is 9.25. The molecule has 0 unspecified atom stereocenters. The van der Waals surface area contributed by atoms with E-state index in [1.54, 1.807) is 6.08 Å². The van der Waals surface area contributed by atoms with Crippen LogP contribution < -0.4 is 4.72 Å². The fourth-order valence-electron chi connectivity index (χ4n) is 2.31. The molecule has 0 fully saturated rings. The van der Waals surface area contributed by atoms with Crippen molar-refractivity contribution in [2.75, 3.05) is 6.54 Å². The van der Waals surface area contributed by atoms with Crippen molar-refractivity contribution < 1.29 is 23.1 Å². The molecule has 6 nitrogen and oxygen atoms in total. The maximum atomic E-state index is 12.2. The van der Waals surface area contributed by atoms with Crippen LogP contribution in [0, 0.1) is 0 Å². The first-order chi connectivity index (χ1) is 12.8. The molecule has 27 heavy (non-hydrogen) atoms. The van der Waals surface area contributed by atoms with Crippen molar-refractivity contribution in [2.45, 2.75) is 24.7 Å². The zero-order valence-electron chi connectivity index (χ0n) is 14.9. The predicted octanol–water partition coefficient (Wildman–Crippen LogP) is 2.90. The average molecular weight is 387 g/mol. The summed E-state index contributed by atoms with van der Waals surface area (Å²) in [6.07, 6.45) is 3.79. The van der Waals surface area contributed by atoms with E-state index in [0.29, 0.717) is 5.56 Å². The molecule has 0 saturated heterocycles. The van der Waals surface area contributed by atoms with Crippen LogP contribution in [0.1, 0.15) is 34.8 Å². The lowest BCUT2D eigenvalue weighted by atomic mass is 10.1. The van der Waals surface area contributed by atoms with Gasteiger partial charge in [0.25, 0.3) is 0 Å². The van der Waals surface area contributed by atoms with Crippen LogP contribution in [-0.2, 0) is 21.2 Å². The van der Waals surface area contributed by atoms with Crippen molar-refractivity contribution in [2.24, 2.45) is 0 Å². The number of ketones is 1. The Labute approximate surface area is 158 Å². The Morgan fingerprint density at radius 2 is 1.67 bits per heavy atom. The van der Waals surface area contributed by atoms with Gasteiger partial charge in [0.15, 0.2) is 5.78 Å². The van der Waals surface area contributed by atoms with E-state index in [0.717, 1.165) is 12.0 Å². The number of aliphatic carboxylic acids is 1. The third kappa shape index (κ3) is 6.16. The summed E-state index contributed by atoms with van der Waals surface area (Å²) in [6, 6.07) is 13.4. The topological polar surface area (TPSA) is 101 Å². The lowest BCUT2D eigenvalue weighted by Gasteiger charge is -2.06. The maximum Gasteiger partial charge on any atom is 0.304 e. The fourth-order valence-corrected chi connectivity index (χ4v) is 3.34. The summed E-state index contributed by atoms with van der Waals surface area (Å²) >= 11 is 0. The summed E-state index contributed by atoms with van der Waals surface area (Å²) in [5, 5.41) is 8.56. The average Bonchev–Trinajstić information content (AvgIpc) is 2.66. The molecule has 0 radical (unpaired) electrons. The van der Waals surface area contributed by atoms with Crippen LogP contribution in [0.15, 0.2) is 59.5 Å². The van der Waals surface area contributed by atoms with E-state index in [4.69, 9.17) is 5.11 Å².